The molecule has 0 bridgehead atoms. The summed E-state index contributed by atoms with van der Waals surface area (Å²) in [5, 5.41) is 10.5. The van der Waals surface area contributed by atoms with Crippen LogP contribution in [0.3, 0.4) is 0 Å². The summed E-state index contributed by atoms with van der Waals surface area (Å²) in [6, 6.07) is -1.08. The Bertz CT molecular complexity index is 1000. The van der Waals surface area contributed by atoms with Crippen molar-refractivity contribution in [1.82, 2.24) is 40.9 Å². The van der Waals surface area contributed by atoms with Crippen LogP contribution in [0.2, 0.25) is 0 Å². The number of rotatable bonds is 20. The number of ether oxygens (including phenoxy) is 5. The van der Waals surface area contributed by atoms with Gasteiger partial charge in [-0.3, -0.25) is 19.6 Å². The second-order valence-corrected chi connectivity index (χ2v) is 15.4. The molecule has 4 N–H and O–H groups in total. The lowest BCUT2D eigenvalue weighted by Crippen LogP contribution is -2.60. The smallest absolute Gasteiger partial charge is 0.327 e. The maximum absolute atomic E-state index is 13.5. The minimum Gasteiger partial charge on any atom is -0.377 e. The molecule has 0 saturated carbocycles. The lowest BCUT2D eigenvalue weighted by Gasteiger charge is -2.30. The number of urea groups is 4. The van der Waals surface area contributed by atoms with E-state index in [-0.39, 0.29) is 57.7 Å². The van der Waals surface area contributed by atoms with E-state index >= 15 is 0 Å². The van der Waals surface area contributed by atoms with Crippen LogP contribution in [-0.4, -0.2) is 134 Å². The van der Waals surface area contributed by atoms with Gasteiger partial charge in [-0.05, 0) is 29.6 Å². The second-order valence-electron chi connectivity index (χ2n) is 15.4. The molecule has 0 aliphatic carbocycles. The molecule has 0 unspecified atom stereocenters. The number of nitrogens with one attached hydrogen (secondary N) is 4. The minimum atomic E-state index is -0.858. The molecule has 0 aromatic rings. The van der Waals surface area contributed by atoms with Crippen molar-refractivity contribution in [3.05, 3.63) is 0 Å². The molecule has 4 fully saturated rings. The van der Waals surface area contributed by atoms with Crippen LogP contribution >= 0.6 is 0 Å². The number of carbonyl (C=O) groups is 4. The summed E-state index contributed by atoms with van der Waals surface area (Å²) in [5.74, 6) is 1.72. The average Bonchev–Trinajstić information content (AvgIpc) is 3.64. The Morgan fingerprint density at radius 3 is 1.06 bits per heavy atom. The molecule has 17 heteroatoms. The lowest BCUT2D eigenvalue weighted by molar-refractivity contribution is -0.0438. The standard InChI is InChI=1S/C24H46N4O6.C9H16N4O3/c1-17(2)9-31-13-25-21-22(27(23(25)29)15-33-11-19(5)6)28(16-34-12-20(7)8)24(30)26(21)14-32-10-18(3)4;1-5(2)3-16-4-9-6(10-7(14)12-9)11-8(15)13-9/h17-22H,9-16H2,1-8H3;5-6H,3-4H2,1-2H3,(H2,10,12,14)(H2,11,13,15). The summed E-state index contributed by atoms with van der Waals surface area (Å²) in [7, 11) is 0. The quantitative estimate of drug-likeness (QED) is 0.148. The molecule has 0 spiro atoms. The highest BCUT2D eigenvalue weighted by Gasteiger charge is 2.59. The van der Waals surface area contributed by atoms with Crippen molar-refractivity contribution >= 4 is 24.1 Å². The zero-order chi connectivity index (χ0) is 37.2. The highest BCUT2D eigenvalue weighted by atomic mass is 16.5. The van der Waals surface area contributed by atoms with Crippen molar-refractivity contribution in [1.29, 1.82) is 0 Å². The van der Waals surface area contributed by atoms with Gasteiger partial charge < -0.3 is 45.0 Å². The predicted molar refractivity (Wildman–Crippen MR) is 184 cm³/mol. The normalized spacial score (nSPS) is 24.4. The fourth-order valence-electron chi connectivity index (χ4n) is 5.64. The Hall–Kier alpha value is -3.12. The van der Waals surface area contributed by atoms with Gasteiger partial charge in [0.2, 0.25) is 0 Å². The van der Waals surface area contributed by atoms with Gasteiger partial charge in [-0.15, -0.1) is 0 Å². The predicted octanol–water partition coefficient (Wildman–Crippen LogP) is 2.94. The van der Waals surface area contributed by atoms with Gasteiger partial charge in [0.15, 0.2) is 18.0 Å². The molecule has 0 atom stereocenters. The van der Waals surface area contributed by atoms with Crippen LogP contribution in [-0.2, 0) is 23.7 Å². The first-order valence-electron chi connectivity index (χ1n) is 17.8. The van der Waals surface area contributed by atoms with Gasteiger partial charge in [0.05, 0.1) is 33.0 Å². The minimum absolute atomic E-state index is 0.0908. The Labute approximate surface area is 297 Å². The van der Waals surface area contributed by atoms with Gasteiger partial charge in [-0.2, -0.15) is 0 Å². The van der Waals surface area contributed by atoms with Gasteiger partial charge in [0.1, 0.15) is 33.1 Å². The second kappa shape index (κ2) is 18.9. The number of hydrogen-bond donors (Lipinski definition) is 4. The first-order chi connectivity index (χ1) is 23.6. The van der Waals surface area contributed by atoms with E-state index < -0.39 is 24.2 Å². The molecule has 8 amide bonds. The average molecular weight is 715 g/mol. The van der Waals surface area contributed by atoms with Crippen LogP contribution in [0.15, 0.2) is 0 Å². The highest BCUT2D eigenvalue weighted by Crippen LogP contribution is 2.35. The van der Waals surface area contributed by atoms with E-state index in [1.807, 2.05) is 13.8 Å². The molecule has 0 aromatic carbocycles. The van der Waals surface area contributed by atoms with Gasteiger partial charge in [0.25, 0.3) is 0 Å². The van der Waals surface area contributed by atoms with E-state index in [1.54, 1.807) is 19.6 Å². The molecule has 4 aliphatic heterocycles. The summed E-state index contributed by atoms with van der Waals surface area (Å²) >= 11 is 0. The van der Waals surface area contributed by atoms with E-state index in [0.29, 0.717) is 62.6 Å². The van der Waals surface area contributed by atoms with Crippen LogP contribution in [0.5, 0.6) is 0 Å². The number of carbonyl (C=O) groups excluding carboxylic acids is 4. The summed E-state index contributed by atoms with van der Waals surface area (Å²) < 4.78 is 28.8. The largest absolute Gasteiger partial charge is 0.377 e. The Kier molecular flexibility index (Phi) is 15.6. The molecule has 4 aliphatic rings. The molecule has 50 heavy (non-hydrogen) atoms. The van der Waals surface area contributed by atoms with Crippen LogP contribution in [0.25, 0.3) is 0 Å². The van der Waals surface area contributed by atoms with Crippen LogP contribution in [0.4, 0.5) is 19.2 Å². The fraction of sp³-hybridized carbons (Fsp3) is 0.879. The Morgan fingerprint density at radius 1 is 0.500 bits per heavy atom. The Balaban J connectivity index is 0.000000349. The third-order valence-corrected chi connectivity index (χ3v) is 7.75. The first-order valence-corrected chi connectivity index (χ1v) is 17.8. The third-order valence-electron chi connectivity index (χ3n) is 7.75. The van der Waals surface area contributed by atoms with Crippen molar-refractivity contribution in [2.24, 2.45) is 29.6 Å². The molecule has 4 heterocycles. The summed E-state index contributed by atoms with van der Waals surface area (Å²) in [6.45, 7) is 23.8. The van der Waals surface area contributed by atoms with Crippen molar-refractivity contribution in [2.45, 2.75) is 93.4 Å². The third kappa shape index (κ3) is 11.2. The molecule has 4 saturated heterocycles. The van der Waals surface area contributed by atoms with Crippen molar-refractivity contribution < 1.29 is 42.9 Å². The maximum atomic E-state index is 13.5. The van der Waals surface area contributed by atoms with Crippen molar-refractivity contribution in [3.63, 3.8) is 0 Å². The van der Waals surface area contributed by atoms with Crippen LogP contribution < -0.4 is 21.3 Å². The van der Waals surface area contributed by atoms with E-state index in [1.165, 1.54) is 0 Å². The highest BCUT2D eigenvalue weighted by molar-refractivity contribution is 5.86. The molecular weight excluding hydrogens is 652 g/mol. The monoisotopic (exact) mass is 714 g/mol. The lowest BCUT2D eigenvalue weighted by atomic mass is 10.1. The van der Waals surface area contributed by atoms with Gasteiger partial charge >= 0.3 is 24.1 Å². The summed E-state index contributed by atoms with van der Waals surface area (Å²) in [4.78, 5) is 55.8. The summed E-state index contributed by atoms with van der Waals surface area (Å²) in [5.41, 5.74) is -0.858. The van der Waals surface area contributed by atoms with E-state index in [9.17, 15) is 19.2 Å². The van der Waals surface area contributed by atoms with E-state index in [2.05, 4.69) is 76.7 Å². The zero-order valence-corrected chi connectivity index (χ0v) is 31.7. The van der Waals surface area contributed by atoms with Gasteiger partial charge in [0, 0.05) is 6.61 Å². The van der Waals surface area contributed by atoms with Crippen LogP contribution in [0.1, 0.15) is 69.2 Å². The van der Waals surface area contributed by atoms with E-state index in [4.69, 9.17) is 23.7 Å². The molecule has 17 nitrogen and oxygen atoms in total. The zero-order valence-electron chi connectivity index (χ0n) is 31.7. The number of nitrogens with zero attached hydrogens (tertiary/aromatic N) is 4. The first kappa shape index (κ1) is 41.3. The topological polar surface area (TPSA) is 176 Å². The SMILES string of the molecule is CC(C)COCC12NC(=O)NC1NC(=O)N2.CC(C)COCN1C(=O)N(COCC(C)C)C2C1N(COCC(C)C)C(=O)N2COCC(C)C. The molecule has 0 aromatic heterocycles. The molecule has 288 valence electrons. The molecular formula is C33H62N8O9. The van der Waals surface area contributed by atoms with Crippen molar-refractivity contribution in [2.75, 3.05) is 66.6 Å². The molecule has 0 radical (unpaired) electrons. The van der Waals surface area contributed by atoms with Crippen LogP contribution in [0, 0.1) is 29.6 Å². The van der Waals surface area contributed by atoms with Gasteiger partial charge in [-0.25, -0.2) is 19.2 Å². The summed E-state index contributed by atoms with van der Waals surface area (Å²) in [6.07, 6.45) is -1.56. The maximum Gasteiger partial charge on any atom is 0.327 e. The molecule has 4 rings (SSSR count). The number of fused-ring (bicyclic) bond motifs is 2. The van der Waals surface area contributed by atoms with Gasteiger partial charge in [-0.1, -0.05) is 69.2 Å². The fourth-order valence-corrected chi connectivity index (χ4v) is 5.64. The van der Waals surface area contributed by atoms with E-state index in [0.717, 1.165) is 0 Å². The van der Waals surface area contributed by atoms with Crippen molar-refractivity contribution in [3.8, 4) is 0 Å². The Morgan fingerprint density at radius 2 is 0.780 bits per heavy atom. The number of amides is 8. The number of hydrogen-bond acceptors (Lipinski definition) is 9.